The second-order valence-corrected chi connectivity index (χ2v) is 23.0. The van der Waals surface area contributed by atoms with Crippen molar-refractivity contribution in [2.24, 2.45) is 12.5 Å². The van der Waals surface area contributed by atoms with E-state index in [1.54, 1.807) is 48.7 Å². The molecule has 4 aromatic heterocycles. The molecule has 5 atom stereocenters. The van der Waals surface area contributed by atoms with Crippen LogP contribution in [-0.2, 0) is 21.4 Å². The van der Waals surface area contributed by atoms with Crippen LogP contribution >= 0.6 is 34.5 Å². The molecule has 0 saturated carbocycles. The zero-order chi connectivity index (χ0) is 56.3. The highest BCUT2D eigenvalue weighted by Gasteiger charge is 2.47. The number of nitrogens with one attached hydrogen (secondary N) is 3. The summed E-state index contributed by atoms with van der Waals surface area (Å²) in [4.78, 5) is 101. The van der Waals surface area contributed by atoms with Gasteiger partial charge in [-0.3, -0.25) is 33.7 Å². The molecular formula is C57H66Cl2N10O8S. The highest BCUT2D eigenvalue weighted by Crippen LogP contribution is 2.45. The van der Waals surface area contributed by atoms with E-state index in [0.29, 0.717) is 59.9 Å². The predicted octanol–water partition coefficient (Wildman–Crippen LogP) is 8.77. The number of pyridine rings is 2. The van der Waals surface area contributed by atoms with Gasteiger partial charge < -0.3 is 39.8 Å². The summed E-state index contributed by atoms with van der Waals surface area (Å²) in [7, 11) is 3.02. The van der Waals surface area contributed by atoms with Crippen LogP contribution in [-0.4, -0.2) is 102 Å². The summed E-state index contributed by atoms with van der Waals surface area (Å²) >= 11 is 14.3. The molecule has 18 nitrogen and oxygen atoms in total. The number of ether oxygens (including phenoxy) is 1. The van der Waals surface area contributed by atoms with Crippen LogP contribution in [0, 0.1) is 12.3 Å². The first-order chi connectivity index (χ1) is 37.1. The third kappa shape index (κ3) is 12.2. The second-order valence-electron chi connectivity index (χ2n) is 21.3. The number of carbonyl (C=O) groups is 5. The van der Waals surface area contributed by atoms with Crippen molar-refractivity contribution in [1.82, 2.24) is 44.9 Å². The number of imidazole rings is 1. The topological polar surface area (TPSA) is 223 Å². The Balaban J connectivity index is 0.863. The molecule has 0 aliphatic carbocycles. The largest absolute Gasteiger partial charge is 0.480 e. The van der Waals surface area contributed by atoms with Crippen LogP contribution < -0.4 is 31.1 Å². The summed E-state index contributed by atoms with van der Waals surface area (Å²) in [6.45, 7) is 13.6. The van der Waals surface area contributed by atoms with Crippen LogP contribution in [0.1, 0.15) is 142 Å². The van der Waals surface area contributed by atoms with Crippen LogP contribution in [0.5, 0.6) is 5.88 Å². The number of hydrogen-bond acceptors (Lipinski definition) is 12. The van der Waals surface area contributed by atoms with E-state index in [0.717, 1.165) is 21.7 Å². The lowest BCUT2D eigenvalue weighted by Crippen LogP contribution is -2.57. The van der Waals surface area contributed by atoms with Crippen molar-refractivity contribution in [2.45, 2.75) is 123 Å². The quantitative estimate of drug-likeness (QED) is 0.0561. The maximum absolute atomic E-state index is 14.6. The molecule has 0 bridgehead atoms. The van der Waals surface area contributed by atoms with Crippen molar-refractivity contribution in [2.75, 3.05) is 25.1 Å². The van der Waals surface area contributed by atoms with Gasteiger partial charge in [0.2, 0.25) is 23.6 Å². The molecule has 6 heterocycles. The molecule has 21 heteroatoms. The Morgan fingerprint density at radius 2 is 1.63 bits per heavy atom. The number of nitrogens with zero attached hydrogens (tertiary/aromatic N) is 7. The van der Waals surface area contributed by atoms with Crippen molar-refractivity contribution < 1.29 is 33.8 Å². The lowest BCUT2D eigenvalue weighted by atomic mass is 9.85. The zero-order valence-corrected chi connectivity index (χ0v) is 47.6. The van der Waals surface area contributed by atoms with Crippen LogP contribution in [0.3, 0.4) is 0 Å². The lowest BCUT2D eigenvalue weighted by molar-refractivity contribution is -0.144. The minimum atomic E-state index is -0.948. The molecule has 1 saturated heterocycles. The Bertz CT molecular complexity index is 3280. The number of anilines is 1. The molecule has 2 aliphatic heterocycles. The average Bonchev–Trinajstić information content (AvgIpc) is 4.29. The fourth-order valence-electron chi connectivity index (χ4n) is 10.2. The van der Waals surface area contributed by atoms with Crippen LogP contribution in [0.2, 0.25) is 10.0 Å². The molecule has 4 N–H and O–H groups in total. The number of likely N-dealkylation sites (tertiary alicyclic amines) is 1. The van der Waals surface area contributed by atoms with E-state index < -0.39 is 47.0 Å². The van der Waals surface area contributed by atoms with E-state index in [2.05, 4.69) is 25.9 Å². The van der Waals surface area contributed by atoms with Gasteiger partial charge >= 0.3 is 0 Å². The number of aliphatic hydroxyl groups excluding tert-OH is 1. The van der Waals surface area contributed by atoms with Gasteiger partial charge in [-0.1, -0.05) is 93.2 Å². The number of hydrogen-bond donors (Lipinski definition) is 4. The smallest absolute Gasteiger partial charge is 0.279 e. The van der Waals surface area contributed by atoms with E-state index in [1.807, 2.05) is 82.8 Å². The number of halogens is 2. The van der Waals surface area contributed by atoms with Crippen LogP contribution in [0.25, 0.3) is 21.8 Å². The first-order valence-corrected chi connectivity index (χ1v) is 27.7. The van der Waals surface area contributed by atoms with Crippen LogP contribution in [0.15, 0.2) is 83.4 Å². The normalized spacial score (nSPS) is 17.0. The van der Waals surface area contributed by atoms with Crippen molar-refractivity contribution in [3.05, 3.63) is 133 Å². The van der Waals surface area contributed by atoms with Gasteiger partial charge in [0.15, 0.2) is 5.69 Å². The maximum atomic E-state index is 14.6. The molecule has 0 spiro atoms. The monoisotopic (exact) mass is 1120 g/mol. The Morgan fingerprint density at radius 3 is 2.28 bits per heavy atom. The lowest BCUT2D eigenvalue weighted by Gasteiger charge is -2.35. The molecule has 2 aromatic carbocycles. The number of thiazole rings is 1. The van der Waals surface area contributed by atoms with E-state index in [9.17, 15) is 33.9 Å². The average molecular weight is 1120 g/mol. The predicted molar refractivity (Wildman–Crippen MR) is 301 cm³/mol. The minimum Gasteiger partial charge on any atom is -0.480 e. The number of aryl methyl sites for hydroxylation is 2. The standard InChI is InChI=1S/C57H66Cl2N10O8S/c1-31(2)68-47-45(55(75)69(43-25-39(59)28-66(8)54(43)74)46(47)35-19-21-38(58)22-20-35)65-50(68)41-24-37(27-61-53(41)77-9)51(72)60-23-13-11-10-12-14-44(71)64-49(57(5,6)7)56(76)67-29-40(70)26-42(67)52(73)63-32(3)34-15-17-36(18-16-34)48-33(4)62-30-78-48/h15-22,24-25,27-28,30-32,40,42,46,49,70H,10-14,23,26,29H2,1-9H3,(H,60,72)(H,63,73)(H,64,71)/t32-,40+,42-,46-,49+/m0/s1. The summed E-state index contributed by atoms with van der Waals surface area (Å²) in [5.41, 5.74) is 5.57. The molecule has 6 aromatic rings. The number of amides is 5. The molecule has 0 radical (unpaired) electrons. The number of aliphatic hydroxyl groups is 1. The highest BCUT2D eigenvalue weighted by molar-refractivity contribution is 7.13. The second kappa shape index (κ2) is 24.0. The minimum absolute atomic E-state index is 0.0287. The fraction of sp³-hybridized carbons (Fsp3) is 0.421. The summed E-state index contributed by atoms with van der Waals surface area (Å²) in [6, 6.07) is 14.7. The van der Waals surface area contributed by atoms with Gasteiger partial charge in [-0.25, -0.2) is 15.0 Å². The molecule has 78 heavy (non-hydrogen) atoms. The van der Waals surface area contributed by atoms with Crippen molar-refractivity contribution in [1.29, 1.82) is 0 Å². The Kier molecular flexibility index (Phi) is 17.6. The number of benzene rings is 2. The summed E-state index contributed by atoms with van der Waals surface area (Å²) in [5.74, 6) is -1.48. The van der Waals surface area contributed by atoms with Gasteiger partial charge in [0.1, 0.15) is 29.6 Å². The SMILES string of the molecule is COc1ncc(C(=O)NCCCCCCC(=O)N[C@H](C(=O)N2C[C@H](O)C[C@H]2C(=O)N[C@@H](C)c2ccc(-c3scnc3C)cc2)C(C)(C)C)cc1-c1nc2c(n1C(C)C)[C@H](c1ccc(Cl)cc1)N(c1cc(Cl)cn(C)c1=O)C2=O. The molecule has 412 valence electrons. The van der Waals surface area contributed by atoms with Gasteiger partial charge in [0.25, 0.3) is 17.4 Å². The summed E-state index contributed by atoms with van der Waals surface area (Å²) in [6.07, 6.45) is 4.77. The first kappa shape index (κ1) is 57.3. The molecular weight excluding hydrogens is 1060 g/mol. The van der Waals surface area contributed by atoms with Gasteiger partial charge in [-0.2, -0.15) is 0 Å². The molecule has 1 fully saturated rings. The zero-order valence-electron chi connectivity index (χ0n) is 45.2. The van der Waals surface area contributed by atoms with E-state index in [1.165, 1.54) is 39.9 Å². The van der Waals surface area contributed by atoms with Gasteiger partial charge in [-0.15, -0.1) is 11.3 Å². The van der Waals surface area contributed by atoms with Gasteiger partial charge in [0, 0.05) is 56.4 Å². The van der Waals surface area contributed by atoms with E-state index >= 15 is 0 Å². The third-order valence-corrected chi connectivity index (χ3v) is 15.6. The van der Waals surface area contributed by atoms with Crippen molar-refractivity contribution in [3.63, 3.8) is 0 Å². The Hall–Kier alpha value is -6.93. The highest BCUT2D eigenvalue weighted by atomic mass is 35.5. The number of β-amino-alcohol motifs (C(OH)–C–C–N with tert-alkyl or cyclic N) is 1. The van der Waals surface area contributed by atoms with Crippen molar-refractivity contribution >= 4 is 69.8 Å². The van der Waals surface area contributed by atoms with Gasteiger partial charge in [0.05, 0.1) is 57.2 Å². The van der Waals surface area contributed by atoms with Gasteiger partial charge in [-0.05, 0) is 86.9 Å². The van der Waals surface area contributed by atoms with Crippen LogP contribution in [0.4, 0.5) is 5.69 Å². The summed E-state index contributed by atoms with van der Waals surface area (Å²) in [5, 5.41) is 20.4. The number of aromatic nitrogens is 5. The Labute approximate surface area is 467 Å². The maximum Gasteiger partial charge on any atom is 0.279 e. The van der Waals surface area contributed by atoms with Crippen molar-refractivity contribution in [3.8, 4) is 27.7 Å². The first-order valence-electron chi connectivity index (χ1n) is 26.1. The third-order valence-electron chi connectivity index (χ3n) is 14.2. The number of rotatable bonds is 19. The molecule has 5 amide bonds. The molecule has 2 aliphatic rings. The number of fused-ring (bicyclic) bond motifs is 1. The summed E-state index contributed by atoms with van der Waals surface area (Å²) < 4.78 is 8.92. The Morgan fingerprint density at radius 1 is 0.923 bits per heavy atom. The number of carbonyl (C=O) groups excluding carboxylic acids is 5. The number of unbranched alkanes of at least 4 members (excludes halogenated alkanes) is 3. The molecule has 8 rings (SSSR count). The van der Waals surface area contributed by atoms with E-state index in [-0.39, 0.29) is 77.0 Å². The van der Waals surface area contributed by atoms with E-state index in [4.69, 9.17) is 32.9 Å². The molecule has 0 unspecified atom stereocenters. The number of methoxy groups -OCH3 is 1. The fourth-order valence-corrected chi connectivity index (χ4v) is 11.4.